The molecule has 0 bridgehead atoms. The highest BCUT2D eigenvalue weighted by atomic mass is 28.4. The maximum Gasteiger partial charge on any atom is 0.339 e. The summed E-state index contributed by atoms with van der Waals surface area (Å²) in [5.41, 5.74) is 3.49. The number of fused-ring (bicyclic) bond motifs is 2. The van der Waals surface area contributed by atoms with Gasteiger partial charge in [0, 0.05) is 29.6 Å². The van der Waals surface area contributed by atoms with Crippen molar-refractivity contribution >= 4 is 42.5 Å². The van der Waals surface area contributed by atoms with Gasteiger partial charge in [-0.3, -0.25) is 0 Å². The van der Waals surface area contributed by atoms with Crippen molar-refractivity contribution in [3.05, 3.63) is 77.5 Å². The molecule has 0 fully saturated rings. The molecule has 0 spiro atoms. The highest BCUT2D eigenvalue weighted by Crippen LogP contribution is 2.46. The van der Waals surface area contributed by atoms with Crippen LogP contribution in [0.25, 0.3) is 21.9 Å². The van der Waals surface area contributed by atoms with Gasteiger partial charge in [-0.25, -0.2) is 14.6 Å². The van der Waals surface area contributed by atoms with Crippen LogP contribution in [0.5, 0.6) is 11.5 Å². The minimum absolute atomic E-state index is 0.0226. The van der Waals surface area contributed by atoms with Crippen LogP contribution in [0.1, 0.15) is 59.6 Å². The van der Waals surface area contributed by atoms with Crippen molar-refractivity contribution in [1.29, 1.82) is 0 Å². The Bertz CT molecular complexity index is 1800. The van der Waals surface area contributed by atoms with Crippen molar-refractivity contribution in [2.75, 3.05) is 39.9 Å². The lowest BCUT2D eigenvalue weighted by Gasteiger charge is -2.43. The molecule has 9 nitrogen and oxygen atoms in total. The lowest BCUT2D eigenvalue weighted by atomic mass is 9.89. The molecule has 0 aliphatic carbocycles. The number of aromatic nitrogens is 1. The topological polar surface area (TPSA) is 96.4 Å². The van der Waals surface area contributed by atoms with E-state index >= 15 is 0 Å². The number of benzene rings is 3. The number of rotatable bonds is 8. The number of carbonyl (C=O) groups excluding carboxylic acids is 2. The van der Waals surface area contributed by atoms with Crippen LogP contribution in [0, 0.1) is 0 Å². The van der Waals surface area contributed by atoms with Crippen molar-refractivity contribution in [3.63, 3.8) is 0 Å². The minimum atomic E-state index is -2.03. The Morgan fingerprint density at radius 2 is 1.57 bits per heavy atom. The monoisotopic (exact) mass is 642 g/mol. The second-order valence-electron chi connectivity index (χ2n) is 12.9. The molecule has 46 heavy (non-hydrogen) atoms. The van der Waals surface area contributed by atoms with E-state index in [2.05, 4.69) is 50.9 Å². The lowest BCUT2D eigenvalue weighted by molar-refractivity contribution is 0.0556. The van der Waals surface area contributed by atoms with Crippen molar-refractivity contribution in [2.45, 2.75) is 51.4 Å². The van der Waals surface area contributed by atoms with Crippen LogP contribution in [0.3, 0.4) is 0 Å². The van der Waals surface area contributed by atoms with Gasteiger partial charge in [0.1, 0.15) is 5.82 Å². The van der Waals surface area contributed by atoms with Crippen LogP contribution in [0.4, 0.5) is 11.5 Å². The number of nitrogens with zero attached hydrogens (tertiary/aromatic N) is 2. The summed E-state index contributed by atoms with van der Waals surface area (Å²) >= 11 is 0. The average molecular weight is 643 g/mol. The number of para-hydroxylation sites is 1. The first-order chi connectivity index (χ1) is 21.8. The predicted molar refractivity (Wildman–Crippen MR) is 182 cm³/mol. The summed E-state index contributed by atoms with van der Waals surface area (Å²) in [7, 11) is 3.63. The van der Waals surface area contributed by atoms with E-state index in [1.165, 1.54) is 14.2 Å². The Labute approximate surface area is 271 Å². The molecule has 0 unspecified atom stereocenters. The smallest absolute Gasteiger partial charge is 0.339 e. The Kier molecular flexibility index (Phi) is 9.15. The molecule has 1 aliphatic rings. The number of anilines is 2. The molecule has 0 saturated heterocycles. The largest absolute Gasteiger partial charge is 0.493 e. The Morgan fingerprint density at radius 1 is 0.891 bits per heavy atom. The number of hydrogen-bond donors (Lipinski definition) is 0. The second kappa shape index (κ2) is 12.8. The van der Waals surface area contributed by atoms with Gasteiger partial charge in [-0.15, -0.1) is 0 Å². The molecular formula is C36H42N2O7Si. The van der Waals surface area contributed by atoms with Gasteiger partial charge in [-0.05, 0) is 77.3 Å². The van der Waals surface area contributed by atoms with Gasteiger partial charge in [-0.1, -0.05) is 39.0 Å². The molecule has 2 heterocycles. The predicted octanol–water partition coefficient (Wildman–Crippen LogP) is 8.10. The third-order valence-electron chi connectivity index (χ3n) is 9.18. The number of carbonyl (C=O) groups is 2. The Hall–Kier alpha value is -4.41. The van der Waals surface area contributed by atoms with Crippen molar-refractivity contribution < 1.29 is 33.0 Å². The summed E-state index contributed by atoms with van der Waals surface area (Å²) in [6.45, 7) is 12.0. The summed E-state index contributed by atoms with van der Waals surface area (Å²) in [6, 6.07) is 17.2. The average Bonchev–Trinajstić information content (AvgIpc) is 3.05. The molecule has 242 valence electrons. The molecule has 1 aromatic heterocycles. The highest BCUT2D eigenvalue weighted by molar-refractivity contribution is 6.74. The van der Waals surface area contributed by atoms with Crippen LogP contribution in [0.15, 0.2) is 60.8 Å². The van der Waals surface area contributed by atoms with Crippen LogP contribution in [-0.4, -0.2) is 60.2 Å². The molecule has 1 aliphatic heterocycles. The van der Waals surface area contributed by atoms with Crippen molar-refractivity contribution in [3.8, 4) is 22.6 Å². The van der Waals surface area contributed by atoms with Gasteiger partial charge >= 0.3 is 11.9 Å². The van der Waals surface area contributed by atoms with Crippen LogP contribution >= 0.6 is 0 Å². The van der Waals surface area contributed by atoms with Gasteiger partial charge in [0.05, 0.1) is 45.7 Å². The first-order valence-electron chi connectivity index (χ1n) is 15.2. The lowest BCUT2D eigenvalue weighted by Crippen LogP contribution is -2.43. The molecule has 0 amide bonds. The van der Waals surface area contributed by atoms with Crippen molar-refractivity contribution in [2.24, 2.45) is 0 Å². The molecule has 0 radical (unpaired) electrons. The molecular weight excluding hydrogens is 600 g/mol. The molecule has 0 saturated carbocycles. The van der Waals surface area contributed by atoms with Crippen molar-refractivity contribution in [1.82, 2.24) is 4.98 Å². The fourth-order valence-corrected chi connectivity index (χ4v) is 7.06. The zero-order valence-corrected chi connectivity index (χ0v) is 29.0. The number of methoxy groups -OCH3 is 4. The Morgan fingerprint density at radius 3 is 2.22 bits per heavy atom. The highest BCUT2D eigenvalue weighted by Gasteiger charge is 2.41. The quantitative estimate of drug-likeness (QED) is 0.140. The fraction of sp³-hybridized carbons (Fsp3) is 0.361. The van der Waals surface area contributed by atoms with E-state index in [-0.39, 0.29) is 22.3 Å². The fourth-order valence-electron chi connectivity index (χ4n) is 5.75. The van der Waals surface area contributed by atoms with Crippen LogP contribution in [0.2, 0.25) is 18.1 Å². The molecule has 0 N–H and O–H groups in total. The van der Waals surface area contributed by atoms with E-state index in [0.717, 1.165) is 17.7 Å². The zero-order valence-electron chi connectivity index (χ0n) is 28.0. The first-order valence-corrected chi connectivity index (χ1v) is 18.2. The SMILES string of the molecule is COC(=O)c1cc2cc(OC)c(OC)cc2c(-c2ccnc(N3CC[C@H](O[Si](C)(C)C(C)(C)C)c4ccccc43)c2)c1C(=O)OC. The maximum atomic E-state index is 13.4. The minimum Gasteiger partial charge on any atom is -0.493 e. The summed E-state index contributed by atoms with van der Waals surface area (Å²) in [5.74, 6) is 0.329. The summed E-state index contributed by atoms with van der Waals surface area (Å²) in [6.07, 6.45) is 2.48. The number of ether oxygens (including phenoxy) is 4. The first kappa shape index (κ1) is 33.0. The number of esters is 2. The summed E-state index contributed by atoms with van der Waals surface area (Å²) < 4.78 is 28.4. The maximum absolute atomic E-state index is 13.4. The standard InChI is InChI=1S/C36H42N2O7Si/c1-36(2,3)46(8,9)45-28-15-17-38(27-13-11-10-12-24(27)28)31-20-22(14-16-37-31)32-25-21-30(42-5)29(41-4)19-23(25)18-26(34(39)43-6)33(32)35(40)44-7/h10-14,16,18-21,28H,15,17H2,1-9H3/t28-/m0/s1. The molecule has 5 rings (SSSR count). The van der Waals surface area contributed by atoms with E-state index in [4.69, 9.17) is 28.4 Å². The van der Waals surface area contributed by atoms with E-state index in [1.54, 1.807) is 38.6 Å². The molecule has 4 aromatic rings. The van der Waals surface area contributed by atoms with Crippen LogP contribution < -0.4 is 14.4 Å². The van der Waals surface area contributed by atoms with Gasteiger partial charge in [0.2, 0.25) is 0 Å². The van der Waals surface area contributed by atoms with Gasteiger partial charge in [0.25, 0.3) is 0 Å². The third-order valence-corrected chi connectivity index (χ3v) is 13.7. The van der Waals surface area contributed by atoms with E-state index in [0.29, 0.717) is 45.8 Å². The van der Waals surface area contributed by atoms with E-state index < -0.39 is 20.3 Å². The second-order valence-corrected chi connectivity index (χ2v) is 17.6. The Balaban J connectivity index is 1.70. The summed E-state index contributed by atoms with van der Waals surface area (Å²) in [5, 5.41) is 1.42. The van der Waals surface area contributed by atoms with E-state index in [9.17, 15) is 9.59 Å². The number of pyridine rings is 1. The van der Waals surface area contributed by atoms with Gasteiger partial charge < -0.3 is 28.3 Å². The molecule has 10 heteroatoms. The summed E-state index contributed by atoms with van der Waals surface area (Å²) in [4.78, 5) is 33.5. The normalized spacial score (nSPS) is 14.9. The van der Waals surface area contributed by atoms with Gasteiger partial charge in [-0.2, -0.15) is 0 Å². The van der Waals surface area contributed by atoms with E-state index in [1.807, 2.05) is 24.3 Å². The molecule has 1 atom stereocenters. The van der Waals surface area contributed by atoms with Gasteiger partial charge in [0.15, 0.2) is 19.8 Å². The number of hydrogen-bond acceptors (Lipinski definition) is 9. The van der Waals surface area contributed by atoms with Crippen LogP contribution in [-0.2, 0) is 13.9 Å². The molecule has 3 aromatic carbocycles. The zero-order chi connectivity index (χ0) is 33.4. The third kappa shape index (κ3) is 5.94.